The number of aromatic nitrogens is 1. The molecule has 3 rings (SSSR count). The molecule has 3 amide bonds. The van der Waals surface area contributed by atoms with E-state index in [1.165, 1.54) is 6.92 Å². The highest BCUT2D eigenvalue weighted by atomic mass is 16.2. The molecule has 8 nitrogen and oxygen atoms in total. The second-order valence-corrected chi connectivity index (χ2v) is 7.54. The van der Waals surface area contributed by atoms with E-state index >= 15 is 0 Å². The van der Waals surface area contributed by atoms with E-state index < -0.39 is 0 Å². The normalized spacial score (nSPS) is 19.7. The van der Waals surface area contributed by atoms with Crippen LogP contribution < -0.4 is 10.2 Å². The molecule has 3 heterocycles. The van der Waals surface area contributed by atoms with E-state index in [0.29, 0.717) is 6.54 Å². The summed E-state index contributed by atoms with van der Waals surface area (Å²) >= 11 is 0. The predicted molar refractivity (Wildman–Crippen MR) is 106 cm³/mol. The van der Waals surface area contributed by atoms with Crippen molar-refractivity contribution in [2.75, 3.05) is 44.2 Å². The maximum Gasteiger partial charge on any atom is 0.242 e. The molecule has 1 N–H and O–H groups in total. The Kier molecular flexibility index (Phi) is 6.16. The first-order chi connectivity index (χ1) is 13.3. The van der Waals surface area contributed by atoms with Crippen LogP contribution in [-0.2, 0) is 14.4 Å². The minimum atomic E-state index is -0.204. The zero-order valence-corrected chi connectivity index (χ0v) is 16.9. The fourth-order valence-corrected chi connectivity index (χ4v) is 3.98. The third-order valence-corrected chi connectivity index (χ3v) is 5.45. The molecule has 8 heteroatoms. The van der Waals surface area contributed by atoms with Gasteiger partial charge in [-0.15, -0.1) is 0 Å². The third kappa shape index (κ3) is 4.61. The minimum Gasteiger partial charge on any atom is -0.368 e. The highest BCUT2D eigenvalue weighted by Gasteiger charge is 2.31. The van der Waals surface area contributed by atoms with E-state index in [1.54, 1.807) is 6.92 Å². The van der Waals surface area contributed by atoms with Crippen LogP contribution in [0.3, 0.4) is 0 Å². The molecule has 0 spiro atoms. The molecule has 0 radical (unpaired) electrons. The number of aryl methyl sites for hydroxylation is 1. The largest absolute Gasteiger partial charge is 0.368 e. The Morgan fingerprint density at radius 3 is 2.46 bits per heavy atom. The first-order valence-corrected chi connectivity index (χ1v) is 9.88. The van der Waals surface area contributed by atoms with E-state index in [2.05, 4.69) is 22.3 Å². The Hall–Kier alpha value is -2.64. The highest BCUT2D eigenvalue weighted by Crippen LogP contribution is 2.33. The highest BCUT2D eigenvalue weighted by molar-refractivity contribution is 5.84. The summed E-state index contributed by atoms with van der Waals surface area (Å²) < 4.78 is 0. The summed E-state index contributed by atoms with van der Waals surface area (Å²) in [4.78, 5) is 45.9. The van der Waals surface area contributed by atoms with Crippen molar-refractivity contribution < 1.29 is 14.4 Å². The van der Waals surface area contributed by atoms with Crippen molar-refractivity contribution in [2.45, 2.75) is 39.7 Å². The number of rotatable bonds is 4. The molecule has 1 atom stereocenters. The SMILES string of the molecule is CC(=O)NCC(=O)N1CCCC1c1cc(N2CCN(C(C)=O)CC2)cc(C)n1. The molecule has 0 bridgehead atoms. The number of nitrogens with zero attached hydrogens (tertiary/aromatic N) is 4. The van der Waals surface area contributed by atoms with Crippen molar-refractivity contribution in [3.63, 3.8) is 0 Å². The van der Waals surface area contributed by atoms with Crippen LogP contribution in [0.2, 0.25) is 0 Å². The van der Waals surface area contributed by atoms with Gasteiger partial charge in [0.2, 0.25) is 17.7 Å². The van der Waals surface area contributed by atoms with Gasteiger partial charge in [0.05, 0.1) is 18.3 Å². The number of carbonyl (C=O) groups excluding carboxylic acids is 3. The van der Waals surface area contributed by atoms with Crippen LogP contribution in [-0.4, -0.2) is 71.8 Å². The fourth-order valence-electron chi connectivity index (χ4n) is 3.98. The van der Waals surface area contributed by atoms with Crippen LogP contribution in [0.1, 0.15) is 44.1 Å². The molecule has 0 aliphatic carbocycles. The number of amides is 3. The van der Waals surface area contributed by atoms with E-state index in [-0.39, 0.29) is 30.3 Å². The maximum absolute atomic E-state index is 12.5. The van der Waals surface area contributed by atoms with Crippen LogP contribution in [0.25, 0.3) is 0 Å². The van der Waals surface area contributed by atoms with Gasteiger partial charge in [0, 0.05) is 58.0 Å². The molecule has 152 valence electrons. The number of pyridine rings is 1. The van der Waals surface area contributed by atoms with Crippen LogP contribution in [0.4, 0.5) is 5.69 Å². The molecular formula is C20H29N5O3. The summed E-state index contributed by atoms with van der Waals surface area (Å²) in [5.41, 5.74) is 2.91. The zero-order valence-electron chi connectivity index (χ0n) is 16.9. The molecule has 2 saturated heterocycles. The Morgan fingerprint density at radius 1 is 1.11 bits per heavy atom. The Bertz CT molecular complexity index is 758. The Labute approximate surface area is 165 Å². The van der Waals surface area contributed by atoms with Crippen LogP contribution >= 0.6 is 0 Å². The summed E-state index contributed by atoms with van der Waals surface area (Å²) in [6.45, 7) is 8.72. The lowest BCUT2D eigenvalue weighted by atomic mass is 10.1. The van der Waals surface area contributed by atoms with Gasteiger partial charge in [-0.1, -0.05) is 0 Å². The Balaban J connectivity index is 1.74. The molecular weight excluding hydrogens is 358 g/mol. The lowest BCUT2D eigenvalue weighted by Crippen LogP contribution is -2.48. The molecule has 0 aromatic carbocycles. The van der Waals surface area contributed by atoms with Crippen molar-refractivity contribution in [3.05, 3.63) is 23.5 Å². The lowest BCUT2D eigenvalue weighted by molar-refractivity contribution is -0.133. The first kappa shape index (κ1) is 20.1. The standard InChI is InChI=1S/C20H29N5O3/c1-14-11-17(24-9-7-23(8-10-24)16(3)27)12-18(22-14)19-5-4-6-25(19)20(28)13-21-15(2)26/h11-12,19H,4-10,13H2,1-3H3,(H,21,26). The molecule has 2 aliphatic heterocycles. The molecule has 28 heavy (non-hydrogen) atoms. The van der Waals surface area contributed by atoms with Crippen LogP contribution in [0.15, 0.2) is 12.1 Å². The molecule has 1 aromatic heterocycles. The van der Waals surface area contributed by atoms with Crippen LogP contribution in [0.5, 0.6) is 0 Å². The molecule has 0 saturated carbocycles. The van der Waals surface area contributed by atoms with Crippen molar-refractivity contribution in [2.24, 2.45) is 0 Å². The number of anilines is 1. The van der Waals surface area contributed by atoms with Gasteiger partial charge < -0.3 is 20.0 Å². The first-order valence-electron chi connectivity index (χ1n) is 9.88. The smallest absolute Gasteiger partial charge is 0.242 e. The van der Waals surface area contributed by atoms with Crippen molar-refractivity contribution >= 4 is 23.4 Å². The Morgan fingerprint density at radius 2 is 1.82 bits per heavy atom. The summed E-state index contributed by atoms with van der Waals surface area (Å²) in [5.74, 6) is -0.159. The van der Waals surface area contributed by atoms with E-state index in [0.717, 1.165) is 56.1 Å². The molecule has 1 unspecified atom stereocenters. The zero-order chi connectivity index (χ0) is 20.3. The summed E-state index contributed by atoms with van der Waals surface area (Å²) in [5, 5.41) is 2.59. The number of likely N-dealkylation sites (tertiary alicyclic amines) is 1. The van der Waals surface area contributed by atoms with Gasteiger partial charge in [-0.25, -0.2) is 0 Å². The van der Waals surface area contributed by atoms with E-state index in [4.69, 9.17) is 4.98 Å². The number of hydrogen-bond donors (Lipinski definition) is 1. The van der Waals surface area contributed by atoms with Crippen molar-refractivity contribution in [1.29, 1.82) is 0 Å². The van der Waals surface area contributed by atoms with Crippen molar-refractivity contribution in [1.82, 2.24) is 20.1 Å². The second kappa shape index (κ2) is 8.58. The van der Waals surface area contributed by atoms with Gasteiger partial charge in [-0.05, 0) is 31.9 Å². The summed E-state index contributed by atoms with van der Waals surface area (Å²) in [6.07, 6.45) is 1.80. The van der Waals surface area contributed by atoms with Gasteiger partial charge in [0.25, 0.3) is 0 Å². The predicted octanol–water partition coefficient (Wildman–Crippen LogP) is 0.858. The molecule has 1 aromatic rings. The second-order valence-electron chi connectivity index (χ2n) is 7.54. The van der Waals surface area contributed by atoms with Gasteiger partial charge in [-0.3, -0.25) is 19.4 Å². The van der Waals surface area contributed by atoms with E-state index in [9.17, 15) is 14.4 Å². The van der Waals surface area contributed by atoms with E-state index in [1.807, 2.05) is 16.7 Å². The third-order valence-electron chi connectivity index (χ3n) is 5.45. The van der Waals surface area contributed by atoms with Gasteiger partial charge in [-0.2, -0.15) is 0 Å². The summed E-state index contributed by atoms with van der Waals surface area (Å²) in [6, 6.07) is 4.08. The topological polar surface area (TPSA) is 85.9 Å². The average Bonchev–Trinajstić information content (AvgIpc) is 3.15. The quantitative estimate of drug-likeness (QED) is 0.828. The number of piperazine rings is 1. The lowest BCUT2D eigenvalue weighted by Gasteiger charge is -2.36. The number of hydrogen-bond acceptors (Lipinski definition) is 5. The number of nitrogens with one attached hydrogen (secondary N) is 1. The minimum absolute atomic E-state index is 0.0253. The fraction of sp³-hybridized carbons (Fsp3) is 0.600. The monoisotopic (exact) mass is 387 g/mol. The molecule has 2 aliphatic rings. The van der Waals surface area contributed by atoms with Gasteiger partial charge in [0.15, 0.2) is 0 Å². The maximum atomic E-state index is 12.5. The average molecular weight is 387 g/mol. The van der Waals surface area contributed by atoms with Gasteiger partial charge in [0.1, 0.15) is 0 Å². The molecule has 2 fully saturated rings. The van der Waals surface area contributed by atoms with Crippen molar-refractivity contribution in [3.8, 4) is 0 Å². The van der Waals surface area contributed by atoms with Gasteiger partial charge >= 0.3 is 0 Å². The summed E-state index contributed by atoms with van der Waals surface area (Å²) in [7, 11) is 0. The van der Waals surface area contributed by atoms with Crippen LogP contribution in [0, 0.1) is 6.92 Å². The number of carbonyl (C=O) groups is 3.